The topological polar surface area (TPSA) is 12.0 Å². The van der Waals surface area contributed by atoms with Crippen molar-refractivity contribution in [2.75, 3.05) is 5.32 Å². The smallest absolute Gasteiger partial charge is 0.126 e. The van der Waals surface area contributed by atoms with Gasteiger partial charge in [-0.15, -0.1) is 0 Å². The largest absolute Gasteiger partial charge is 0.380 e. The van der Waals surface area contributed by atoms with Crippen molar-refractivity contribution in [3.8, 4) is 0 Å². The number of para-hydroxylation sites is 1. The Morgan fingerprint density at radius 3 is 2.39 bits per heavy atom. The SMILES string of the molecule is Cc1cccc(Cl)c1NCc1cc(F)cc(F)c1. The first-order valence-electron chi connectivity index (χ1n) is 5.50. The molecule has 0 aliphatic heterocycles. The van der Waals surface area contributed by atoms with Gasteiger partial charge < -0.3 is 5.32 Å². The van der Waals surface area contributed by atoms with Crippen LogP contribution in [0.25, 0.3) is 0 Å². The maximum absolute atomic E-state index is 13.0. The van der Waals surface area contributed by atoms with E-state index in [1.54, 1.807) is 6.07 Å². The number of anilines is 1. The molecule has 0 bridgehead atoms. The fraction of sp³-hybridized carbons (Fsp3) is 0.143. The molecule has 0 aliphatic carbocycles. The number of nitrogens with one attached hydrogen (secondary N) is 1. The van der Waals surface area contributed by atoms with E-state index in [1.165, 1.54) is 12.1 Å². The average molecular weight is 268 g/mol. The summed E-state index contributed by atoms with van der Waals surface area (Å²) in [6.07, 6.45) is 0. The van der Waals surface area contributed by atoms with Gasteiger partial charge in [0.1, 0.15) is 11.6 Å². The third kappa shape index (κ3) is 2.99. The zero-order chi connectivity index (χ0) is 13.1. The molecule has 94 valence electrons. The standard InChI is InChI=1S/C14H12ClF2N/c1-9-3-2-4-13(15)14(9)18-8-10-5-11(16)7-12(17)6-10/h2-7,18H,8H2,1H3. The van der Waals surface area contributed by atoms with Crippen molar-refractivity contribution in [2.24, 2.45) is 0 Å². The zero-order valence-electron chi connectivity index (χ0n) is 9.81. The first kappa shape index (κ1) is 12.8. The summed E-state index contributed by atoms with van der Waals surface area (Å²) in [5.74, 6) is -1.16. The summed E-state index contributed by atoms with van der Waals surface area (Å²) < 4.78 is 26.0. The molecular formula is C14H12ClF2N. The van der Waals surface area contributed by atoms with Gasteiger partial charge in [-0.05, 0) is 36.2 Å². The molecule has 0 radical (unpaired) electrons. The maximum Gasteiger partial charge on any atom is 0.126 e. The van der Waals surface area contributed by atoms with Crippen molar-refractivity contribution in [3.63, 3.8) is 0 Å². The zero-order valence-corrected chi connectivity index (χ0v) is 10.6. The van der Waals surface area contributed by atoms with Crippen molar-refractivity contribution in [2.45, 2.75) is 13.5 Å². The van der Waals surface area contributed by atoms with Crippen LogP contribution in [0.5, 0.6) is 0 Å². The van der Waals surface area contributed by atoms with E-state index in [-0.39, 0.29) is 0 Å². The Bertz CT molecular complexity index is 529. The van der Waals surface area contributed by atoms with E-state index in [0.717, 1.165) is 17.3 Å². The van der Waals surface area contributed by atoms with Gasteiger partial charge >= 0.3 is 0 Å². The van der Waals surface area contributed by atoms with E-state index in [4.69, 9.17) is 11.6 Å². The van der Waals surface area contributed by atoms with Crippen LogP contribution in [0.1, 0.15) is 11.1 Å². The van der Waals surface area contributed by atoms with Gasteiger partial charge in [0.05, 0.1) is 10.7 Å². The number of hydrogen-bond donors (Lipinski definition) is 1. The lowest BCUT2D eigenvalue weighted by molar-refractivity contribution is 0.580. The van der Waals surface area contributed by atoms with Gasteiger partial charge in [-0.3, -0.25) is 0 Å². The van der Waals surface area contributed by atoms with Crippen LogP contribution < -0.4 is 5.32 Å². The monoisotopic (exact) mass is 267 g/mol. The van der Waals surface area contributed by atoms with Crippen LogP contribution in [-0.2, 0) is 6.54 Å². The first-order valence-corrected chi connectivity index (χ1v) is 5.88. The minimum absolute atomic E-state index is 0.319. The Labute approximate surface area is 109 Å². The Kier molecular flexibility index (Phi) is 3.82. The van der Waals surface area contributed by atoms with Crippen LogP contribution >= 0.6 is 11.6 Å². The molecule has 0 spiro atoms. The molecule has 0 saturated carbocycles. The Morgan fingerprint density at radius 1 is 1.11 bits per heavy atom. The quantitative estimate of drug-likeness (QED) is 0.861. The van der Waals surface area contributed by atoms with Gasteiger partial charge in [0.2, 0.25) is 0 Å². The average Bonchev–Trinajstić information content (AvgIpc) is 2.27. The van der Waals surface area contributed by atoms with Crippen molar-refractivity contribution in [1.29, 1.82) is 0 Å². The number of benzene rings is 2. The van der Waals surface area contributed by atoms with Gasteiger partial charge in [-0.25, -0.2) is 8.78 Å². The molecule has 2 aromatic rings. The summed E-state index contributed by atoms with van der Waals surface area (Å²) in [6, 6.07) is 8.98. The van der Waals surface area contributed by atoms with Gasteiger partial charge in [-0.1, -0.05) is 23.7 Å². The van der Waals surface area contributed by atoms with Crippen LogP contribution in [0.2, 0.25) is 5.02 Å². The van der Waals surface area contributed by atoms with Crippen LogP contribution in [0.4, 0.5) is 14.5 Å². The molecule has 2 aromatic carbocycles. The predicted octanol–water partition coefficient (Wildman–Crippen LogP) is 4.54. The molecule has 1 nitrogen and oxygen atoms in total. The van der Waals surface area contributed by atoms with E-state index >= 15 is 0 Å². The summed E-state index contributed by atoms with van der Waals surface area (Å²) in [6.45, 7) is 2.24. The van der Waals surface area contributed by atoms with E-state index in [1.807, 2.05) is 19.1 Å². The molecule has 0 atom stereocenters. The second-order valence-corrected chi connectivity index (χ2v) is 4.47. The van der Waals surface area contributed by atoms with E-state index < -0.39 is 11.6 Å². The van der Waals surface area contributed by atoms with Gasteiger partial charge in [-0.2, -0.15) is 0 Å². The second kappa shape index (κ2) is 5.36. The van der Waals surface area contributed by atoms with Crippen molar-refractivity contribution < 1.29 is 8.78 Å². The lowest BCUT2D eigenvalue weighted by atomic mass is 10.1. The molecule has 0 amide bonds. The summed E-state index contributed by atoms with van der Waals surface area (Å²) in [7, 11) is 0. The molecule has 2 rings (SSSR count). The summed E-state index contributed by atoms with van der Waals surface area (Å²) in [5, 5.41) is 3.68. The highest BCUT2D eigenvalue weighted by Crippen LogP contribution is 2.25. The minimum Gasteiger partial charge on any atom is -0.380 e. The molecule has 4 heteroatoms. The molecular weight excluding hydrogens is 256 g/mol. The maximum atomic E-state index is 13.0. The van der Waals surface area contributed by atoms with Crippen LogP contribution in [0, 0.1) is 18.6 Å². The highest BCUT2D eigenvalue weighted by molar-refractivity contribution is 6.33. The third-order valence-corrected chi connectivity index (χ3v) is 2.93. The molecule has 0 saturated heterocycles. The minimum atomic E-state index is -0.581. The normalized spacial score (nSPS) is 10.4. The lowest BCUT2D eigenvalue weighted by Gasteiger charge is -2.11. The molecule has 0 unspecified atom stereocenters. The number of hydrogen-bond acceptors (Lipinski definition) is 1. The summed E-state index contributed by atoms with van der Waals surface area (Å²) in [4.78, 5) is 0. The van der Waals surface area contributed by atoms with Crippen LogP contribution in [0.3, 0.4) is 0 Å². The Balaban J connectivity index is 2.16. The summed E-state index contributed by atoms with van der Waals surface area (Å²) >= 11 is 6.05. The molecule has 18 heavy (non-hydrogen) atoms. The summed E-state index contributed by atoms with van der Waals surface area (Å²) in [5.41, 5.74) is 2.30. The third-order valence-electron chi connectivity index (χ3n) is 2.61. The molecule has 0 heterocycles. The number of aryl methyl sites for hydroxylation is 1. The van der Waals surface area contributed by atoms with E-state index in [0.29, 0.717) is 17.1 Å². The van der Waals surface area contributed by atoms with Gasteiger partial charge in [0.15, 0.2) is 0 Å². The van der Waals surface area contributed by atoms with Gasteiger partial charge in [0.25, 0.3) is 0 Å². The highest BCUT2D eigenvalue weighted by Gasteiger charge is 2.04. The molecule has 0 aliphatic rings. The lowest BCUT2D eigenvalue weighted by Crippen LogP contribution is -2.02. The Hall–Kier alpha value is -1.61. The number of rotatable bonds is 3. The fourth-order valence-electron chi connectivity index (χ4n) is 1.76. The van der Waals surface area contributed by atoms with Crippen molar-refractivity contribution in [3.05, 3.63) is 64.2 Å². The van der Waals surface area contributed by atoms with Crippen LogP contribution in [-0.4, -0.2) is 0 Å². The molecule has 1 N–H and O–H groups in total. The first-order chi connectivity index (χ1) is 8.56. The number of halogens is 3. The van der Waals surface area contributed by atoms with E-state index in [9.17, 15) is 8.78 Å². The van der Waals surface area contributed by atoms with E-state index in [2.05, 4.69) is 5.32 Å². The Morgan fingerprint density at radius 2 is 1.78 bits per heavy atom. The van der Waals surface area contributed by atoms with Crippen molar-refractivity contribution in [1.82, 2.24) is 0 Å². The van der Waals surface area contributed by atoms with Crippen molar-refractivity contribution >= 4 is 17.3 Å². The van der Waals surface area contributed by atoms with Crippen LogP contribution in [0.15, 0.2) is 36.4 Å². The second-order valence-electron chi connectivity index (χ2n) is 4.06. The predicted molar refractivity (Wildman–Crippen MR) is 69.9 cm³/mol. The highest BCUT2D eigenvalue weighted by atomic mass is 35.5. The molecule has 0 fully saturated rings. The van der Waals surface area contributed by atoms with Gasteiger partial charge in [0, 0.05) is 12.6 Å². The fourth-order valence-corrected chi connectivity index (χ4v) is 2.05. The molecule has 0 aromatic heterocycles.